The monoisotopic (exact) mass is 271 g/mol. The second-order valence-electron chi connectivity index (χ2n) is 6.98. The molecule has 3 nitrogen and oxygen atoms in total. The average molecular weight is 272 g/mol. The molecule has 4 rings (SSSR count). The van der Waals surface area contributed by atoms with Crippen molar-refractivity contribution >= 4 is 5.91 Å². The number of carbonyl (C=O) groups excluding carboxylic acids is 1. The Hall–Kier alpha value is -0.280. The van der Waals surface area contributed by atoms with Crippen molar-refractivity contribution in [1.29, 1.82) is 0 Å². The Kier molecular flexibility index (Phi) is 3.93. The third kappa shape index (κ3) is 2.67. The molecule has 0 aromatic carbocycles. The van der Waals surface area contributed by atoms with Crippen molar-refractivity contribution in [1.82, 2.24) is 10.2 Å². The normalized spacial score (nSPS) is 40.7. The van der Waals surface area contributed by atoms with Crippen molar-refractivity contribution in [3.05, 3.63) is 0 Å². The maximum atomic E-state index is 12.0. The predicted molar refractivity (Wildman–Crippen MR) is 67.6 cm³/mol. The Bertz CT molecular complexity index is 294. The van der Waals surface area contributed by atoms with Crippen LogP contribution in [0.2, 0.25) is 0 Å². The molecule has 4 fully saturated rings. The van der Waals surface area contributed by atoms with Gasteiger partial charge < -0.3 is 22.6 Å². The first kappa shape index (κ1) is 14.1. The molecule has 0 aliphatic heterocycles. The Labute approximate surface area is 116 Å². The number of nitrogens with zero attached hydrogens (tertiary/aromatic N) is 1. The summed E-state index contributed by atoms with van der Waals surface area (Å²) < 4.78 is 0. The summed E-state index contributed by atoms with van der Waals surface area (Å²) in [6, 6.07) is 0. The molecule has 4 aliphatic carbocycles. The van der Waals surface area contributed by atoms with Crippen LogP contribution in [-0.4, -0.2) is 37.0 Å². The van der Waals surface area contributed by atoms with E-state index >= 15 is 0 Å². The molecular formula is C14H24ClN2O-. The van der Waals surface area contributed by atoms with E-state index in [2.05, 4.69) is 5.32 Å². The molecule has 4 aliphatic rings. The van der Waals surface area contributed by atoms with Gasteiger partial charge in [-0.1, -0.05) is 0 Å². The van der Waals surface area contributed by atoms with Crippen LogP contribution in [0.5, 0.6) is 0 Å². The van der Waals surface area contributed by atoms with Crippen molar-refractivity contribution < 1.29 is 17.2 Å². The zero-order valence-electron chi connectivity index (χ0n) is 11.4. The number of hydrogen-bond acceptors (Lipinski definition) is 2. The fraction of sp³-hybridized carbons (Fsp3) is 0.929. The molecule has 4 saturated carbocycles. The van der Waals surface area contributed by atoms with Crippen molar-refractivity contribution in [2.45, 2.75) is 44.1 Å². The summed E-state index contributed by atoms with van der Waals surface area (Å²) in [7, 11) is 3.92. The van der Waals surface area contributed by atoms with Crippen molar-refractivity contribution in [3.63, 3.8) is 0 Å². The van der Waals surface area contributed by atoms with Gasteiger partial charge in [0.05, 0.1) is 6.54 Å². The minimum absolute atomic E-state index is 0. The summed E-state index contributed by atoms with van der Waals surface area (Å²) in [5.74, 6) is 2.93. The lowest BCUT2D eigenvalue weighted by atomic mass is 9.53. The summed E-state index contributed by atoms with van der Waals surface area (Å²) >= 11 is 0. The lowest BCUT2D eigenvalue weighted by Gasteiger charge is -2.57. The van der Waals surface area contributed by atoms with E-state index in [-0.39, 0.29) is 23.9 Å². The van der Waals surface area contributed by atoms with Gasteiger partial charge in [0.1, 0.15) is 0 Å². The molecule has 1 N–H and O–H groups in total. The Morgan fingerprint density at radius 1 is 1.11 bits per heavy atom. The highest BCUT2D eigenvalue weighted by molar-refractivity contribution is 5.78. The minimum Gasteiger partial charge on any atom is -1.00 e. The molecule has 4 bridgehead atoms. The molecule has 18 heavy (non-hydrogen) atoms. The topological polar surface area (TPSA) is 32.3 Å². The zero-order valence-corrected chi connectivity index (χ0v) is 12.2. The maximum Gasteiger partial charge on any atom is 0.234 e. The SMILES string of the molecule is CN(C)CC(=O)NC12CC3CC(CC(C3)C1)C2.[Cl-]. The van der Waals surface area contributed by atoms with E-state index in [9.17, 15) is 4.79 Å². The third-order valence-electron chi connectivity index (χ3n) is 4.90. The number of nitrogens with one attached hydrogen (secondary N) is 1. The number of carbonyl (C=O) groups is 1. The van der Waals surface area contributed by atoms with Crippen molar-refractivity contribution in [3.8, 4) is 0 Å². The second kappa shape index (κ2) is 5.01. The highest BCUT2D eigenvalue weighted by Crippen LogP contribution is 2.55. The molecule has 0 radical (unpaired) electrons. The van der Waals surface area contributed by atoms with Gasteiger partial charge in [-0.2, -0.15) is 0 Å². The van der Waals surface area contributed by atoms with Gasteiger partial charge in [0.15, 0.2) is 0 Å². The maximum absolute atomic E-state index is 12.0. The van der Waals surface area contributed by atoms with Crippen molar-refractivity contribution in [2.24, 2.45) is 17.8 Å². The average Bonchev–Trinajstić information content (AvgIpc) is 2.11. The van der Waals surface area contributed by atoms with Crippen LogP contribution in [0.25, 0.3) is 0 Å². The lowest BCUT2D eigenvalue weighted by molar-refractivity contribution is -0.127. The van der Waals surface area contributed by atoms with Gasteiger partial charge in [0.25, 0.3) is 0 Å². The molecule has 0 aromatic rings. The molecule has 0 unspecified atom stereocenters. The van der Waals surface area contributed by atoms with Gasteiger partial charge in [-0.25, -0.2) is 0 Å². The smallest absolute Gasteiger partial charge is 0.234 e. The van der Waals surface area contributed by atoms with Crippen LogP contribution >= 0.6 is 0 Å². The minimum atomic E-state index is 0. The Morgan fingerprint density at radius 2 is 1.56 bits per heavy atom. The highest BCUT2D eigenvalue weighted by atomic mass is 35.5. The van der Waals surface area contributed by atoms with E-state index in [4.69, 9.17) is 0 Å². The molecule has 1 amide bonds. The molecule has 104 valence electrons. The number of halogens is 1. The Morgan fingerprint density at radius 3 is 1.94 bits per heavy atom. The first-order valence-electron chi connectivity index (χ1n) is 7.00. The van der Waals surface area contributed by atoms with Crippen LogP contribution in [0.15, 0.2) is 0 Å². The van der Waals surface area contributed by atoms with Gasteiger partial charge in [-0.15, -0.1) is 0 Å². The third-order valence-corrected chi connectivity index (χ3v) is 4.90. The summed E-state index contributed by atoms with van der Waals surface area (Å²) in [5.41, 5.74) is 0.182. The fourth-order valence-electron chi connectivity index (χ4n) is 4.89. The summed E-state index contributed by atoms with van der Waals surface area (Å²) in [6.07, 6.45) is 8.04. The first-order chi connectivity index (χ1) is 8.05. The van der Waals surface area contributed by atoms with Crippen LogP contribution in [0.4, 0.5) is 0 Å². The van der Waals surface area contributed by atoms with Gasteiger partial charge >= 0.3 is 0 Å². The van der Waals surface area contributed by atoms with Gasteiger partial charge in [0.2, 0.25) is 5.91 Å². The molecule has 0 spiro atoms. The highest BCUT2D eigenvalue weighted by Gasteiger charge is 2.51. The second-order valence-corrected chi connectivity index (χ2v) is 6.98. The van der Waals surface area contributed by atoms with Crippen LogP contribution in [0.3, 0.4) is 0 Å². The van der Waals surface area contributed by atoms with E-state index < -0.39 is 0 Å². The van der Waals surface area contributed by atoms with E-state index in [1.807, 2.05) is 19.0 Å². The van der Waals surface area contributed by atoms with Crippen LogP contribution in [0, 0.1) is 17.8 Å². The number of amides is 1. The largest absolute Gasteiger partial charge is 1.00 e. The van der Waals surface area contributed by atoms with E-state index in [0.29, 0.717) is 6.54 Å². The zero-order chi connectivity index (χ0) is 12.0. The van der Waals surface area contributed by atoms with Crippen molar-refractivity contribution in [2.75, 3.05) is 20.6 Å². The van der Waals surface area contributed by atoms with Gasteiger partial charge in [-0.05, 0) is 70.4 Å². The summed E-state index contributed by atoms with van der Waals surface area (Å²) in [5, 5.41) is 3.38. The number of rotatable bonds is 3. The van der Waals surface area contributed by atoms with Gasteiger partial charge in [0, 0.05) is 5.54 Å². The number of hydrogen-bond donors (Lipinski definition) is 1. The Balaban J connectivity index is 0.00000120. The van der Waals surface area contributed by atoms with Crippen LogP contribution in [0.1, 0.15) is 38.5 Å². The molecule has 4 heteroatoms. The first-order valence-corrected chi connectivity index (χ1v) is 7.00. The molecule has 0 aromatic heterocycles. The van der Waals surface area contributed by atoms with Crippen LogP contribution < -0.4 is 17.7 Å². The van der Waals surface area contributed by atoms with E-state index in [1.165, 1.54) is 38.5 Å². The predicted octanol–water partition coefficient (Wildman–Crippen LogP) is -1.36. The molecular weight excluding hydrogens is 248 g/mol. The number of likely N-dealkylation sites (N-methyl/N-ethyl adjacent to an activating group) is 1. The summed E-state index contributed by atoms with van der Waals surface area (Å²) in [4.78, 5) is 13.9. The van der Waals surface area contributed by atoms with Crippen LogP contribution in [-0.2, 0) is 4.79 Å². The fourth-order valence-corrected chi connectivity index (χ4v) is 4.89. The lowest BCUT2D eigenvalue weighted by Crippen LogP contribution is -3.00. The van der Waals surface area contributed by atoms with E-state index in [0.717, 1.165) is 17.8 Å². The summed E-state index contributed by atoms with van der Waals surface area (Å²) in [6.45, 7) is 0.530. The molecule has 0 saturated heterocycles. The molecule has 0 atom stereocenters. The standard InChI is InChI=1S/C14H24N2O.ClH/c1-16(2)9-13(17)15-14-6-10-3-11(7-14)5-12(4-10)8-14;/h10-12H,3-9H2,1-2H3,(H,15,17);1H/p-1. The van der Waals surface area contributed by atoms with Gasteiger partial charge in [-0.3, -0.25) is 4.79 Å². The van der Waals surface area contributed by atoms with E-state index in [1.54, 1.807) is 0 Å². The molecule has 0 heterocycles. The quantitative estimate of drug-likeness (QED) is 0.688.